The van der Waals surface area contributed by atoms with Gasteiger partial charge in [-0.15, -0.1) is 0 Å². The maximum atomic E-state index is 10.8. The van der Waals surface area contributed by atoms with Crippen molar-refractivity contribution in [3.63, 3.8) is 0 Å². The van der Waals surface area contributed by atoms with Crippen LogP contribution in [0, 0.1) is 6.92 Å². The highest BCUT2D eigenvalue weighted by atomic mass is 16.3. The number of amidine groups is 1. The number of nitrogens with zero attached hydrogens (tertiary/aromatic N) is 6. The fourth-order valence-corrected chi connectivity index (χ4v) is 5.51. The Morgan fingerprint density at radius 2 is 1.90 bits per heavy atom. The third-order valence-electron chi connectivity index (χ3n) is 7.37. The summed E-state index contributed by atoms with van der Waals surface area (Å²) in [6.07, 6.45) is 9.50. The molecule has 2 saturated heterocycles. The van der Waals surface area contributed by atoms with Crippen LogP contribution in [0.5, 0.6) is 0 Å². The average molecular weight is 423 g/mol. The van der Waals surface area contributed by atoms with E-state index in [1.54, 1.807) is 0 Å². The Kier molecular flexibility index (Phi) is 5.58. The van der Waals surface area contributed by atoms with Gasteiger partial charge >= 0.3 is 0 Å². The molecule has 4 aliphatic heterocycles. The van der Waals surface area contributed by atoms with Crippen LogP contribution in [0.3, 0.4) is 0 Å². The second-order valence-corrected chi connectivity index (χ2v) is 9.42. The van der Waals surface area contributed by atoms with Crippen molar-refractivity contribution in [1.29, 1.82) is 0 Å². The normalized spacial score (nSPS) is 32.1. The molecular weight excluding hydrogens is 388 g/mol. The topological polar surface area (TPSA) is 58.4 Å². The molecule has 7 heteroatoms. The van der Waals surface area contributed by atoms with Crippen LogP contribution < -0.4 is 0 Å². The van der Waals surface area contributed by atoms with Crippen molar-refractivity contribution in [3.05, 3.63) is 53.6 Å². The number of hydrogen-bond donors (Lipinski definition) is 1. The maximum absolute atomic E-state index is 10.8. The zero-order chi connectivity index (χ0) is 21.5. The molecule has 0 aliphatic carbocycles. The van der Waals surface area contributed by atoms with E-state index in [0.717, 1.165) is 57.1 Å². The largest absolute Gasteiger partial charge is 0.393 e. The standard InChI is InChI=1S/C24H34N6O/c1-17-6-5-9-25-24(17)21-15-18(31)14-20(28(21)3)19-16-30-22(26-19)7-4-8-23(30)29-12-10-27(2)11-13-29/h4-9,18-21,31H,10-16H2,1-3H3/t18-,19?,20+,21-/m0/s1. The molecule has 166 valence electrons. The van der Waals surface area contributed by atoms with Crippen LogP contribution in [-0.4, -0.2) is 101 Å². The van der Waals surface area contributed by atoms with Crippen LogP contribution in [0.4, 0.5) is 0 Å². The number of likely N-dealkylation sites (N-methyl/N-ethyl adjacent to an activating group) is 2. The quantitative estimate of drug-likeness (QED) is 0.799. The monoisotopic (exact) mass is 422 g/mol. The lowest BCUT2D eigenvalue weighted by Gasteiger charge is -2.44. The number of aromatic nitrogens is 1. The number of aliphatic hydroxyl groups is 1. The van der Waals surface area contributed by atoms with E-state index in [2.05, 4.69) is 69.9 Å². The molecule has 0 radical (unpaired) electrons. The highest BCUT2D eigenvalue weighted by molar-refractivity contribution is 5.97. The summed E-state index contributed by atoms with van der Waals surface area (Å²) in [7, 11) is 4.37. The predicted octanol–water partition coefficient (Wildman–Crippen LogP) is 1.63. The zero-order valence-electron chi connectivity index (χ0n) is 18.9. The molecule has 1 aromatic rings. The van der Waals surface area contributed by atoms with E-state index >= 15 is 0 Å². The Labute approximate surface area is 185 Å². The van der Waals surface area contributed by atoms with Gasteiger partial charge in [-0.1, -0.05) is 12.1 Å². The molecule has 5 heterocycles. The molecule has 0 aromatic carbocycles. The molecule has 4 aliphatic rings. The van der Waals surface area contributed by atoms with E-state index < -0.39 is 0 Å². The first-order valence-corrected chi connectivity index (χ1v) is 11.5. The van der Waals surface area contributed by atoms with E-state index in [1.807, 2.05) is 12.3 Å². The number of aryl methyl sites for hydroxylation is 1. The summed E-state index contributed by atoms with van der Waals surface area (Å²) in [5.41, 5.74) is 2.26. The molecule has 5 rings (SSSR count). The average Bonchev–Trinajstić information content (AvgIpc) is 3.20. The lowest BCUT2D eigenvalue weighted by molar-refractivity contribution is 0.00402. The third kappa shape index (κ3) is 3.90. The first-order valence-electron chi connectivity index (χ1n) is 11.5. The summed E-state index contributed by atoms with van der Waals surface area (Å²) in [6.45, 7) is 7.26. The summed E-state index contributed by atoms with van der Waals surface area (Å²) >= 11 is 0. The number of piperazine rings is 1. The van der Waals surface area contributed by atoms with E-state index in [1.165, 1.54) is 11.4 Å². The van der Waals surface area contributed by atoms with Crippen LogP contribution in [0.1, 0.15) is 30.1 Å². The number of hydrogen-bond acceptors (Lipinski definition) is 7. The smallest absolute Gasteiger partial charge is 0.129 e. The van der Waals surface area contributed by atoms with Gasteiger partial charge in [-0.3, -0.25) is 14.9 Å². The maximum Gasteiger partial charge on any atom is 0.129 e. The van der Waals surface area contributed by atoms with Gasteiger partial charge in [0.1, 0.15) is 11.7 Å². The number of fused-ring (bicyclic) bond motifs is 1. The first kappa shape index (κ1) is 20.7. The molecule has 1 N–H and O–H groups in total. The summed E-state index contributed by atoms with van der Waals surface area (Å²) in [6, 6.07) is 4.54. The summed E-state index contributed by atoms with van der Waals surface area (Å²) < 4.78 is 0. The first-order chi connectivity index (χ1) is 15.0. The number of piperidine rings is 1. The van der Waals surface area contributed by atoms with Crippen molar-refractivity contribution in [1.82, 2.24) is 24.6 Å². The Morgan fingerprint density at radius 1 is 1.10 bits per heavy atom. The number of aliphatic hydroxyl groups excluding tert-OH is 1. The molecule has 1 unspecified atom stereocenters. The van der Waals surface area contributed by atoms with Crippen molar-refractivity contribution in [2.75, 3.05) is 46.8 Å². The molecule has 0 spiro atoms. The van der Waals surface area contributed by atoms with Crippen LogP contribution in [0.2, 0.25) is 0 Å². The molecule has 4 atom stereocenters. The van der Waals surface area contributed by atoms with Crippen molar-refractivity contribution >= 4 is 5.84 Å². The number of likely N-dealkylation sites (tertiary alicyclic amines) is 1. The lowest BCUT2D eigenvalue weighted by Crippen LogP contribution is -2.52. The Bertz CT molecular complexity index is 903. The number of aliphatic imine (C=N–C) groups is 1. The summed E-state index contributed by atoms with van der Waals surface area (Å²) in [5.74, 6) is 2.33. The minimum atomic E-state index is -0.325. The highest BCUT2D eigenvalue weighted by Gasteiger charge is 2.42. The second-order valence-electron chi connectivity index (χ2n) is 9.42. The summed E-state index contributed by atoms with van der Waals surface area (Å²) in [4.78, 5) is 19.5. The molecular formula is C24H34N6O. The van der Waals surface area contributed by atoms with Gasteiger partial charge in [-0.2, -0.15) is 0 Å². The SMILES string of the molecule is Cc1cccnc1[C@@H]1C[C@@H](O)C[C@H](C2CN3C(N4CCN(C)CC4)=CC=CC3=N2)N1C. The number of allylic oxidation sites excluding steroid dienone is 2. The van der Waals surface area contributed by atoms with E-state index in [0.29, 0.717) is 0 Å². The highest BCUT2D eigenvalue weighted by Crippen LogP contribution is 2.37. The molecule has 0 bridgehead atoms. The Morgan fingerprint density at radius 3 is 2.68 bits per heavy atom. The summed E-state index contributed by atoms with van der Waals surface area (Å²) in [5, 5.41) is 10.8. The zero-order valence-corrected chi connectivity index (χ0v) is 18.9. The van der Waals surface area contributed by atoms with Crippen LogP contribution in [-0.2, 0) is 0 Å². The van der Waals surface area contributed by atoms with E-state index in [-0.39, 0.29) is 24.2 Å². The Balaban J connectivity index is 1.35. The number of pyridine rings is 1. The molecule has 0 amide bonds. The van der Waals surface area contributed by atoms with E-state index in [9.17, 15) is 5.11 Å². The van der Waals surface area contributed by atoms with Crippen molar-refractivity contribution in [2.45, 2.75) is 44.0 Å². The molecule has 0 saturated carbocycles. The van der Waals surface area contributed by atoms with Gasteiger partial charge in [0.05, 0.1) is 23.9 Å². The second kappa shape index (κ2) is 8.37. The molecule has 2 fully saturated rings. The third-order valence-corrected chi connectivity index (χ3v) is 7.37. The van der Waals surface area contributed by atoms with E-state index in [4.69, 9.17) is 4.99 Å². The van der Waals surface area contributed by atoms with Crippen LogP contribution in [0.15, 0.2) is 47.4 Å². The van der Waals surface area contributed by atoms with Gasteiger partial charge in [0.2, 0.25) is 0 Å². The van der Waals surface area contributed by atoms with Gasteiger partial charge in [0.15, 0.2) is 0 Å². The number of rotatable bonds is 3. The molecule has 7 nitrogen and oxygen atoms in total. The Hall–Kier alpha value is -2.22. The van der Waals surface area contributed by atoms with Crippen LogP contribution >= 0.6 is 0 Å². The van der Waals surface area contributed by atoms with Gasteiger partial charge < -0.3 is 19.8 Å². The molecule has 31 heavy (non-hydrogen) atoms. The lowest BCUT2D eigenvalue weighted by atomic mass is 9.87. The van der Waals surface area contributed by atoms with Gasteiger partial charge in [-0.05, 0) is 57.6 Å². The van der Waals surface area contributed by atoms with Gasteiger partial charge in [0, 0.05) is 45.0 Å². The van der Waals surface area contributed by atoms with Gasteiger partial charge in [-0.25, -0.2) is 0 Å². The van der Waals surface area contributed by atoms with Crippen molar-refractivity contribution in [3.8, 4) is 0 Å². The molecule has 1 aromatic heterocycles. The fraction of sp³-hybridized carbons (Fsp3) is 0.583. The minimum Gasteiger partial charge on any atom is -0.393 e. The van der Waals surface area contributed by atoms with Crippen LogP contribution in [0.25, 0.3) is 0 Å². The van der Waals surface area contributed by atoms with Crippen molar-refractivity contribution in [2.24, 2.45) is 4.99 Å². The van der Waals surface area contributed by atoms with Crippen molar-refractivity contribution < 1.29 is 5.11 Å². The van der Waals surface area contributed by atoms with Gasteiger partial charge in [0.25, 0.3) is 0 Å². The minimum absolute atomic E-state index is 0.121. The predicted molar refractivity (Wildman–Crippen MR) is 123 cm³/mol. The fourth-order valence-electron chi connectivity index (χ4n) is 5.51.